The van der Waals surface area contributed by atoms with Crippen LogP contribution in [0.4, 0.5) is 11.4 Å². The van der Waals surface area contributed by atoms with Gasteiger partial charge in [-0.15, -0.1) is 0 Å². The highest BCUT2D eigenvalue weighted by molar-refractivity contribution is 6.06. The molecule has 20 heavy (non-hydrogen) atoms. The maximum atomic E-state index is 12.0. The maximum Gasteiger partial charge on any atom is 0.282 e. The van der Waals surface area contributed by atoms with Crippen molar-refractivity contribution in [2.75, 3.05) is 12.4 Å². The number of amides is 1. The number of benzene rings is 1. The van der Waals surface area contributed by atoms with Crippen molar-refractivity contribution in [3.05, 3.63) is 58.3 Å². The molecule has 0 atom stereocenters. The van der Waals surface area contributed by atoms with Gasteiger partial charge in [-0.05, 0) is 12.1 Å². The lowest BCUT2D eigenvalue weighted by molar-refractivity contribution is -0.385. The van der Waals surface area contributed by atoms with E-state index in [0.717, 1.165) is 0 Å². The Morgan fingerprint density at radius 1 is 1.30 bits per heavy atom. The van der Waals surface area contributed by atoms with Crippen LogP contribution in [0.3, 0.4) is 0 Å². The number of nitrogens with zero attached hydrogens (tertiary/aromatic N) is 2. The Hall–Kier alpha value is -2.96. The molecular weight excluding hydrogens is 262 g/mol. The fourth-order valence-electron chi connectivity index (χ4n) is 1.60. The van der Waals surface area contributed by atoms with Crippen LogP contribution in [-0.2, 0) is 0 Å². The van der Waals surface area contributed by atoms with Gasteiger partial charge in [-0.25, -0.2) is 4.98 Å². The molecule has 102 valence electrons. The summed E-state index contributed by atoms with van der Waals surface area (Å²) < 4.78 is 4.90. The summed E-state index contributed by atoms with van der Waals surface area (Å²) in [6.45, 7) is 0. The number of para-hydroxylation sites is 1. The molecule has 7 nitrogen and oxygen atoms in total. The minimum absolute atomic E-state index is 0.00619. The van der Waals surface area contributed by atoms with Crippen molar-refractivity contribution in [2.45, 2.75) is 0 Å². The van der Waals surface area contributed by atoms with Crippen LogP contribution < -0.4 is 10.1 Å². The lowest BCUT2D eigenvalue weighted by atomic mass is 10.1. The van der Waals surface area contributed by atoms with Crippen LogP contribution >= 0.6 is 0 Å². The number of carbonyl (C=O) groups is 1. The first-order chi connectivity index (χ1) is 9.61. The van der Waals surface area contributed by atoms with E-state index in [4.69, 9.17) is 4.74 Å². The van der Waals surface area contributed by atoms with Crippen LogP contribution in [0.15, 0.2) is 42.6 Å². The van der Waals surface area contributed by atoms with E-state index in [1.807, 2.05) is 0 Å². The highest BCUT2D eigenvalue weighted by Gasteiger charge is 2.19. The van der Waals surface area contributed by atoms with Crippen LogP contribution in [0.25, 0.3) is 0 Å². The Morgan fingerprint density at radius 3 is 2.65 bits per heavy atom. The van der Waals surface area contributed by atoms with Crippen molar-refractivity contribution in [3.63, 3.8) is 0 Å². The zero-order valence-electron chi connectivity index (χ0n) is 10.6. The van der Waals surface area contributed by atoms with Crippen LogP contribution in [-0.4, -0.2) is 22.9 Å². The number of nitro groups is 1. The van der Waals surface area contributed by atoms with E-state index in [0.29, 0.717) is 11.6 Å². The third kappa shape index (κ3) is 2.89. The minimum Gasteiger partial charge on any atom is -0.481 e. The van der Waals surface area contributed by atoms with Crippen LogP contribution in [0.2, 0.25) is 0 Å². The number of hydrogen-bond acceptors (Lipinski definition) is 5. The second-order valence-electron chi connectivity index (χ2n) is 3.82. The number of methoxy groups -OCH3 is 1. The van der Waals surface area contributed by atoms with Gasteiger partial charge in [-0.2, -0.15) is 0 Å². The SMILES string of the molecule is COc1ccc(NC(=O)c2ccccc2[N+](=O)[O-])cn1. The summed E-state index contributed by atoms with van der Waals surface area (Å²) >= 11 is 0. The Bertz CT molecular complexity index is 640. The monoisotopic (exact) mass is 273 g/mol. The Morgan fingerprint density at radius 2 is 2.05 bits per heavy atom. The molecule has 0 bridgehead atoms. The van der Waals surface area contributed by atoms with Crippen LogP contribution in [0, 0.1) is 10.1 Å². The minimum atomic E-state index is -0.596. The quantitative estimate of drug-likeness (QED) is 0.681. The van der Waals surface area contributed by atoms with Crippen LogP contribution in [0.1, 0.15) is 10.4 Å². The van der Waals surface area contributed by atoms with Crippen LogP contribution in [0.5, 0.6) is 5.88 Å². The van der Waals surface area contributed by atoms with Crippen molar-refractivity contribution >= 4 is 17.3 Å². The van der Waals surface area contributed by atoms with Crippen molar-refractivity contribution in [3.8, 4) is 5.88 Å². The largest absolute Gasteiger partial charge is 0.481 e. The molecule has 0 aliphatic heterocycles. The fourth-order valence-corrected chi connectivity index (χ4v) is 1.60. The van der Waals surface area contributed by atoms with E-state index < -0.39 is 10.8 Å². The van der Waals surface area contributed by atoms with Gasteiger partial charge in [-0.3, -0.25) is 14.9 Å². The number of pyridine rings is 1. The summed E-state index contributed by atoms with van der Waals surface area (Å²) in [5.41, 5.74) is 0.175. The Labute approximate surface area is 114 Å². The van der Waals surface area contributed by atoms with Crippen molar-refractivity contribution in [1.29, 1.82) is 0 Å². The molecule has 0 radical (unpaired) electrons. The summed E-state index contributed by atoms with van der Waals surface area (Å²) in [6, 6.07) is 8.91. The number of ether oxygens (including phenoxy) is 1. The summed E-state index contributed by atoms with van der Waals surface area (Å²) in [5, 5.41) is 13.4. The molecule has 0 saturated carbocycles. The molecule has 2 rings (SSSR count). The van der Waals surface area contributed by atoms with Gasteiger partial charge in [0.25, 0.3) is 11.6 Å². The first-order valence-corrected chi connectivity index (χ1v) is 5.66. The second-order valence-corrected chi connectivity index (χ2v) is 3.82. The number of anilines is 1. The zero-order chi connectivity index (χ0) is 14.5. The van der Waals surface area contributed by atoms with E-state index >= 15 is 0 Å². The van der Waals surface area contributed by atoms with E-state index in [1.54, 1.807) is 18.2 Å². The molecular formula is C13H11N3O4. The first-order valence-electron chi connectivity index (χ1n) is 5.66. The number of aromatic nitrogens is 1. The van der Waals surface area contributed by atoms with Gasteiger partial charge in [0, 0.05) is 12.1 Å². The molecule has 2 aromatic rings. The van der Waals surface area contributed by atoms with Gasteiger partial charge >= 0.3 is 0 Å². The molecule has 0 aliphatic carbocycles. The predicted octanol–water partition coefficient (Wildman–Crippen LogP) is 2.25. The number of nitro benzene ring substituents is 1. The summed E-state index contributed by atoms with van der Waals surface area (Å²) in [5.74, 6) is -0.155. The molecule has 1 N–H and O–H groups in total. The topological polar surface area (TPSA) is 94.4 Å². The van der Waals surface area contributed by atoms with E-state index in [9.17, 15) is 14.9 Å². The Balaban J connectivity index is 2.21. The number of rotatable bonds is 4. The summed E-state index contributed by atoms with van der Waals surface area (Å²) in [7, 11) is 1.48. The van der Waals surface area contributed by atoms with Gasteiger partial charge in [0.2, 0.25) is 5.88 Å². The average molecular weight is 273 g/mol. The predicted molar refractivity (Wildman–Crippen MR) is 71.8 cm³/mol. The van der Waals surface area contributed by atoms with Gasteiger partial charge in [0.1, 0.15) is 5.56 Å². The summed E-state index contributed by atoms with van der Waals surface area (Å²) in [4.78, 5) is 26.2. The summed E-state index contributed by atoms with van der Waals surface area (Å²) in [6.07, 6.45) is 1.41. The lowest BCUT2D eigenvalue weighted by Gasteiger charge is -2.06. The van der Waals surface area contributed by atoms with Gasteiger partial charge in [0.15, 0.2) is 0 Å². The molecule has 0 unspecified atom stereocenters. The number of hydrogen-bond donors (Lipinski definition) is 1. The number of nitrogens with one attached hydrogen (secondary N) is 1. The highest BCUT2D eigenvalue weighted by atomic mass is 16.6. The maximum absolute atomic E-state index is 12.0. The fraction of sp³-hybridized carbons (Fsp3) is 0.0769. The highest BCUT2D eigenvalue weighted by Crippen LogP contribution is 2.19. The normalized spacial score (nSPS) is 9.85. The molecule has 0 aliphatic rings. The molecule has 1 aromatic carbocycles. The van der Waals surface area contributed by atoms with Crippen molar-refractivity contribution in [1.82, 2.24) is 4.98 Å². The molecule has 0 fully saturated rings. The molecule has 0 spiro atoms. The third-order valence-electron chi connectivity index (χ3n) is 2.55. The molecule has 1 amide bonds. The smallest absolute Gasteiger partial charge is 0.282 e. The molecule has 1 heterocycles. The second kappa shape index (κ2) is 5.79. The standard InChI is InChI=1S/C13H11N3O4/c1-20-12-7-6-9(8-14-12)15-13(17)10-4-2-3-5-11(10)16(18)19/h2-8H,1H3,(H,15,17). The molecule has 1 aromatic heterocycles. The Kier molecular flexibility index (Phi) is 3.90. The van der Waals surface area contributed by atoms with E-state index in [-0.39, 0.29) is 11.3 Å². The average Bonchev–Trinajstić information content (AvgIpc) is 2.48. The molecule has 7 heteroatoms. The first kappa shape index (κ1) is 13.5. The molecule has 0 saturated heterocycles. The van der Waals surface area contributed by atoms with Crippen molar-refractivity contribution in [2.24, 2.45) is 0 Å². The van der Waals surface area contributed by atoms with Gasteiger partial charge < -0.3 is 10.1 Å². The third-order valence-corrected chi connectivity index (χ3v) is 2.55. The van der Waals surface area contributed by atoms with E-state index in [2.05, 4.69) is 10.3 Å². The van der Waals surface area contributed by atoms with Gasteiger partial charge in [-0.1, -0.05) is 12.1 Å². The van der Waals surface area contributed by atoms with Gasteiger partial charge in [0.05, 0.1) is 23.9 Å². The lowest BCUT2D eigenvalue weighted by Crippen LogP contribution is -2.14. The number of carbonyl (C=O) groups excluding carboxylic acids is 1. The zero-order valence-corrected chi connectivity index (χ0v) is 10.6. The van der Waals surface area contributed by atoms with Crippen molar-refractivity contribution < 1.29 is 14.5 Å². The van der Waals surface area contributed by atoms with E-state index in [1.165, 1.54) is 31.5 Å².